The molecule has 15 heavy (non-hydrogen) atoms. The number of hydrogen-bond donors (Lipinski definition) is 0. The maximum absolute atomic E-state index is 11.6. The lowest BCUT2D eigenvalue weighted by Gasteiger charge is -2.23. The molecular weight excluding hydrogens is 212 g/mol. The van der Waals surface area contributed by atoms with Crippen LogP contribution < -0.4 is 0 Å². The van der Waals surface area contributed by atoms with E-state index >= 15 is 0 Å². The van der Waals surface area contributed by atoms with E-state index in [4.69, 9.17) is 9.47 Å². The molecule has 0 aromatic carbocycles. The molecule has 0 aromatic rings. The van der Waals surface area contributed by atoms with Crippen molar-refractivity contribution in [1.82, 2.24) is 0 Å². The van der Waals surface area contributed by atoms with E-state index in [1.807, 2.05) is 20.8 Å². The van der Waals surface area contributed by atoms with Gasteiger partial charge >= 0.3 is 5.97 Å². The number of carbonyl (C=O) groups is 1. The van der Waals surface area contributed by atoms with Crippen LogP contribution in [0.2, 0.25) is 0 Å². The van der Waals surface area contributed by atoms with Gasteiger partial charge in [-0.15, -0.1) is 0 Å². The molecule has 1 rings (SSSR count). The third kappa shape index (κ3) is 3.54. The van der Waals surface area contributed by atoms with E-state index in [1.165, 1.54) is 11.8 Å². The molecule has 1 heterocycles. The second-order valence-corrected chi connectivity index (χ2v) is 4.54. The fourth-order valence-corrected chi connectivity index (χ4v) is 2.62. The van der Waals surface area contributed by atoms with E-state index in [2.05, 4.69) is 0 Å². The summed E-state index contributed by atoms with van der Waals surface area (Å²) in [6.45, 7) is 6.89. The molecule has 0 spiro atoms. The largest absolute Gasteiger partial charge is 0.462 e. The molecule has 0 aromatic heterocycles. The van der Waals surface area contributed by atoms with E-state index < -0.39 is 0 Å². The van der Waals surface area contributed by atoms with Crippen LogP contribution in [0.4, 0.5) is 0 Å². The third-order valence-corrected chi connectivity index (χ3v) is 3.59. The average molecular weight is 230 g/mol. The summed E-state index contributed by atoms with van der Waals surface area (Å²) in [5.74, 6) is -0.204. The van der Waals surface area contributed by atoms with Gasteiger partial charge in [0.05, 0.1) is 11.5 Å². The predicted molar refractivity (Wildman–Crippen MR) is 61.6 cm³/mol. The number of carbonyl (C=O) groups excluding carboxylic acids is 1. The van der Waals surface area contributed by atoms with Gasteiger partial charge in [0.15, 0.2) is 0 Å². The van der Waals surface area contributed by atoms with Crippen molar-refractivity contribution >= 4 is 17.7 Å². The molecular formula is C11H18O3S. The normalized spacial score (nSPS) is 21.7. The number of thioether (sulfide) groups is 1. The lowest BCUT2D eigenvalue weighted by molar-refractivity contribution is -0.137. The first kappa shape index (κ1) is 12.6. The first-order chi connectivity index (χ1) is 7.19. The van der Waals surface area contributed by atoms with Crippen LogP contribution in [0, 0.1) is 0 Å². The summed E-state index contributed by atoms with van der Waals surface area (Å²) < 4.78 is 10.5. The Hall–Kier alpha value is -0.480. The minimum Gasteiger partial charge on any atom is -0.462 e. The molecule has 0 saturated heterocycles. The second kappa shape index (κ2) is 6.18. The highest BCUT2D eigenvalue weighted by molar-refractivity contribution is 8.04. The number of rotatable bonds is 4. The summed E-state index contributed by atoms with van der Waals surface area (Å²) in [6.07, 6.45) is 1.90. The highest BCUT2D eigenvalue weighted by Crippen LogP contribution is 2.36. The predicted octanol–water partition coefficient (Wildman–Crippen LogP) is 2.71. The molecule has 3 nitrogen and oxygen atoms in total. The van der Waals surface area contributed by atoms with Gasteiger partial charge in [0.25, 0.3) is 0 Å². The lowest BCUT2D eigenvalue weighted by Crippen LogP contribution is -2.18. The second-order valence-electron chi connectivity index (χ2n) is 3.37. The summed E-state index contributed by atoms with van der Waals surface area (Å²) in [4.78, 5) is 12.3. The summed E-state index contributed by atoms with van der Waals surface area (Å²) in [6, 6.07) is 0. The maximum atomic E-state index is 11.6. The van der Waals surface area contributed by atoms with Crippen LogP contribution in [0.25, 0.3) is 0 Å². The van der Waals surface area contributed by atoms with E-state index in [0.717, 1.165) is 23.3 Å². The Balaban J connectivity index is 2.63. The molecule has 86 valence electrons. The van der Waals surface area contributed by atoms with Crippen molar-refractivity contribution in [1.29, 1.82) is 0 Å². The highest BCUT2D eigenvalue weighted by Gasteiger charge is 2.25. The quantitative estimate of drug-likeness (QED) is 0.696. The Bertz CT molecular complexity index is 261. The van der Waals surface area contributed by atoms with Gasteiger partial charge in [-0.3, -0.25) is 0 Å². The molecule has 0 bridgehead atoms. The van der Waals surface area contributed by atoms with Crippen molar-refractivity contribution in [2.45, 2.75) is 39.0 Å². The van der Waals surface area contributed by atoms with Crippen molar-refractivity contribution in [3.63, 3.8) is 0 Å². The Kier molecular flexibility index (Phi) is 5.19. The molecule has 0 N–H and O–H groups in total. The van der Waals surface area contributed by atoms with E-state index in [9.17, 15) is 4.79 Å². The SMILES string of the molecule is CCOC(=O)C1=C(C)CC[C@@H](OCC)S1. The minimum atomic E-state index is -0.204. The summed E-state index contributed by atoms with van der Waals surface area (Å²) >= 11 is 1.50. The Morgan fingerprint density at radius 1 is 1.47 bits per heavy atom. The van der Waals surface area contributed by atoms with Gasteiger partial charge in [-0.25, -0.2) is 4.79 Å². The fourth-order valence-electron chi connectivity index (χ4n) is 1.46. The van der Waals surface area contributed by atoms with Crippen LogP contribution in [-0.2, 0) is 14.3 Å². The van der Waals surface area contributed by atoms with Crippen molar-refractivity contribution < 1.29 is 14.3 Å². The zero-order chi connectivity index (χ0) is 11.3. The topological polar surface area (TPSA) is 35.5 Å². The number of allylic oxidation sites excluding steroid dienone is 1. The van der Waals surface area contributed by atoms with Gasteiger partial charge in [0.2, 0.25) is 0 Å². The minimum absolute atomic E-state index is 0.109. The Labute approximate surface area is 95.2 Å². The summed E-state index contributed by atoms with van der Waals surface area (Å²) in [5, 5.41) is 0. The number of hydrogen-bond acceptors (Lipinski definition) is 4. The van der Waals surface area contributed by atoms with Crippen LogP contribution in [0.5, 0.6) is 0 Å². The van der Waals surface area contributed by atoms with E-state index in [0.29, 0.717) is 13.2 Å². The molecule has 1 aliphatic heterocycles. The van der Waals surface area contributed by atoms with Gasteiger partial charge in [0.1, 0.15) is 5.44 Å². The van der Waals surface area contributed by atoms with E-state index in [-0.39, 0.29) is 11.4 Å². The van der Waals surface area contributed by atoms with Crippen LogP contribution in [0.1, 0.15) is 33.6 Å². The first-order valence-electron chi connectivity index (χ1n) is 5.34. The van der Waals surface area contributed by atoms with Gasteiger partial charge in [-0.05, 0) is 33.6 Å². The van der Waals surface area contributed by atoms with Crippen molar-refractivity contribution in [2.24, 2.45) is 0 Å². The standard InChI is InChI=1S/C11H18O3S/c1-4-13-9-7-6-8(3)10(15-9)11(12)14-5-2/h9H,4-7H2,1-3H3/t9-/m0/s1. The maximum Gasteiger partial charge on any atom is 0.344 e. The third-order valence-electron chi connectivity index (χ3n) is 2.21. The Morgan fingerprint density at radius 3 is 2.80 bits per heavy atom. The number of ether oxygens (including phenoxy) is 2. The Morgan fingerprint density at radius 2 is 2.20 bits per heavy atom. The molecule has 1 atom stereocenters. The highest BCUT2D eigenvalue weighted by atomic mass is 32.2. The number of esters is 1. The first-order valence-corrected chi connectivity index (χ1v) is 6.22. The fraction of sp³-hybridized carbons (Fsp3) is 0.727. The zero-order valence-electron chi connectivity index (χ0n) is 9.54. The molecule has 0 unspecified atom stereocenters. The molecule has 0 saturated carbocycles. The molecule has 1 aliphatic rings. The molecule has 0 aliphatic carbocycles. The molecule has 0 radical (unpaired) electrons. The van der Waals surface area contributed by atoms with Crippen LogP contribution in [0.15, 0.2) is 10.5 Å². The van der Waals surface area contributed by atoms with Gasteiger partial charge < -0.3 is 9.47 Å². The monoisotopic (exact) mass is 230 g/mol. The van der Waals surface area contributed by atoms with Crippen LogP contribution in [-0.4, -0.2) is 24.6 Å². The summed E-state index contributed by atoms with van der Waals surface area (Å²) in [5.41, 5.74) is 1.23. The molecule has 4 heteroatoms. The zero-order valence-corrected chi connectivity index (χ0v) is 10.4. The van der Waals surface area contributed by atoms with Crippen molar-refractivity contribution in [2.75, 3.05) is 13.2 Å². The van der Waals surface area contributed by atoms with Crippen molar-refractivity contribution in [3.8, 4) is 0 Å². The van der Waals surface area contributed by atoms with Crippen LogP contribution >= 0.6 is 11.8 Å². The molecule has 0 fully saturated rings. The summed E-state index contributed by atoms with van der Waals surface area (Å²) in [7, 11) is 0. The molecule has 0 amide bonds. The van der Waals surface area contributed by atoms with Crippen molar-refractivity contribution in [3.05, 3.63) is 10.5 Å². The smallest absolute Gasteiger partial charge is 0.344 e. The average Bonchev–Trinajstić information content (AvgIpc) is 2.21. The van der Waals surface area contributed by atoms with Gasteiger partial charge in [0, 0.05) is 6.61 Å². The van der Waals surface area contributed by atoms with Crippen LogP contribution in [0.3, 0.4) is 0 Å². The van der Waals surface area contributed by atoms with Gasteiger partial charge in [-0.2, -0.15) is 0 Å². The lowest BCUT2D eigenvalue weighted by atomic mass is 10.1. The van der Waals surface area contributed by atoms with E-state index in [1.54, 1.807) is 0 Å². The van der Waals surface area contributed by atoms with Gasteiger partial charge in [-0.1, -0.05) is 17.3 Å².